The lowest BCUT2D eigenvalue weighted by molar-refractivity contribution is 0.0279. The second-order valence-electron chi connectivity index (χ2n) is 6.17. The van der Waals surface area contributed by atoms with E-state index in [-0.39, 0.29) is 5.60 Å². The van der Waals surface area contributed by atoms with Gasteiger partial charge in [-0.2, -0.15) is 0 Å². The molecule has 0 rings (SSSR count). The van der Waals surface area contributed by atoms with Crippen LogP contribution in [0, 0.1) is 0 Å². The standard InChI is InChI=1S/C17H30O3/c1-7-16(5,18)12-10-14-17(6,19)13-9-11-15(3,4)20-8-2/h7,9-11,14,18-19H,1,8,12-13H2,2-6H3/t16-,17+/m1/s1. The fourth-order valence-electron chi connectivity index (χ4n) is 1.70. The fraction of sp³-hybridized carbons (Fsp3) is 0.647. The third kappa shape index (κ3) is 9.08. The largest absolute Gasteiger partial charge is 0.386 e. The summed E-state index contributed by atoms with van der Waals surface area (Å²) in [5.41, 5.74) is -2.18. The topological polar surface area (TPSA) is 49.7 Å². The molecule has 116 valence electrons. The van der Waals surface area contributed by atoms with Gasteiger partial charge in [0.2, 0.25) is 0 Å². The number of hydrogen-bond donors (Lipinski definition) is 2. The number of hydrogen-bond acceptors (Lipinski definition) is 3. The Labute approximate surface area is 123 Å². The fourth-order valence-corrected chi connectivity index (χ4v) is 1.70. The van der Waals surface area contributed by atoms with E-state index in [1.807, 2.05) is 32.9 Å². The third-order valence-corrected chi connectivity index (χ3v) is 3.01. The van der Waals surface area contributed by atoms with Crippen molar-refractivity contribution in [1.82, 2.24) is 0 Å². The maximum atomic E-state index is 10.2. The van der Waals surface area contributed by atoms with Crippen LogP contribution >= 0.6 is 0 Å². The van der Waals surface area contributed by atoms with Crippen molar-refractivity contribution in [3.05, 3.63) is 37.0 Å². The lowest BCUT2D eigenvalue weighted by Gasteiger charge is -2.22. The number of aliphatic hydroxyl groups is 2. The maximum Gasteiger partial charge on any atom is 0.0833 e. The van der Waals surface area contributed by atoms with Gasteiger partial charge in [0, 0.05) is 6.61 Å². The van der Waals surface area contributed by atoms with E-state index >= 15 is 0 Å². The first-order chi connectivity index (χ1) is 9.04. The van der Waals surface area contributed by atoms with Crippen LogP contribution < -0.4 is 0 Å². The van der Waals surface area contributed by atoms with Crippen molar-refractivity contribution >= 4 is 0 Å². The second-order valence-corrected chi connectivity index (χ2v) is 6.17. The van der Waals surface area contributed by atoms with Gasteiger partial charge in [0.1, 0.15) is 0 Å². The molecular weight excluding hydrogens is 252 g/mol. The molecule has 0 radical (unpaired) electrons. The van der Waals surface area contributed by atoms with Crippen molar-refractivity contribution in [2.75, 3.05) is 6.61 Å². The normalized spacial score (nSPS) is 19.1. The van der Waals surface area contributed by atoms with Gasteiger partial charge in [-0.3, -0.25) is 0 Å². The zero-order valence-electron chi connectivity index (χ0n) is 13.5. The van der Waals surface area contributed by atoms with Crippen LogP contribution in [-0.4, -0.2) is 33.6 Å². The number of ether oxygens (including phenoxy) is 1. The average Bonchev–Trinajstić information content (AvgIpc) is 2.27. The summed E-state index contributed by atoms with van der Waals surface area (Å²) in [5.74, 6) is 0. The highest BCUT2D eigenvalue weighted by Crippen LogP contribution is 2.18. The highest BCUT2D eigenvalue weighted by Gasteiger charge is 2.18. The molecule has 3 nitrogen and oxygen atoms in total. The monoisotopic (exact) mass is 282 g/mol. The first-order valence-electron chi connectivity index (χ1n) is 7.11. The molecule has 2 N–H and O–H groups in total. The molecule has 0 aliphatic rings. The van der Waals surface area contributed by atoms with Gasteiger partial charge in [-0.25, -0.2) is 0 Å². The quantitative estimate of drug-likeness (QED) is 0.637. The Bertz CT molecular complexity index is 349. The molecule has 0 saturated carbocycles. The van der Waals surface area contributed by atoms with E-state index < -0.39 is 11.2 Å². The van der Waals surface area contributed by atoms with Gasteiger partial charge < -0.3 is 14.9 Å². The molecule has 0 fully saturated rings. The van der Waals surface area contributed by atoms with Gasteiger partial charge in [0.05, 0.1) is 16.8 Å². The van der Waals surface area contributed by atoms with E-state index in [1.54, 1.807) is 26.0 Å². The van der Waals surface area contributed by atoms with Crippen molar-refractivity contribution in [3.63, 3.8) is 0 Å². The van der Waals surface area contributed by atoms with Crippen LogP contribution in [0.3, 0.4) is 0 Å². The Hall–Kier alpha value is -0.900. The number of rotatable bonds is 9. The predicted molar refractivity (Wildman–Crippen MR) is 84.7 cm³/mol. The van der Waals surface area contributed by atoms with Gasteiger partial charge in [0.25, 0.3) is 0 Å². The van der Waals surface area contributed by atoms with E-state index in [9.17, 15) is 10.2 Å². The van der Waals surface area contributed by atoms with E-state index in [4.69, 9.17) is 4.74 Å². The molecule has 0 aromatic rings. The van der Waals surface area contributed by atoms with E-state index in [0.717, 1.165) is 0 Å². The Morgan fingerprint density at radius 2 is 1.45 bits per heavy atom. The summed E-state index contributed by atoms with van der Waals surface area (Å²) in [7, 11) is 0. The summed E-state index contributed by atoms with van der Waals surface area (Å²) in [6, 6.07) is 0. The summed E-state index contributed by atoms with van der Waals surface area (Å²) >= 11 is 0. The molecule has 0 saturated heterocycles. The Balaban J connectivity index is 4.42. The molecule has 0 unspecified atom stereocenters. The minimum Gasteiger partial charge on any atom is -0.386 e. The molecule has 0 aliphatic heterocycles. The van der Waals surface area contributed by atoms with Crippen molar-refractivity contribution in [2.45, 2.75) is 64.3 Å². The van der Waals surface area contributed by atoms with E-state index in [1.165, 1.54) is 6.08 Å². The smallest absolute Gasteiger partial charge is 0.0833 e. The maximum absolute atomic E-state index is 10.2. The summed E-state index contributed by atoms with van der Waals surface area (Å²) in [6.45, 7) is 13.6. The van der Waals surface area contributed by atoms with Crippen LogP contribution in [0.5, 0.6) is 0 Å². The van der Waals surface area contributed by atoms with Gasteiger partial charge in [-0.05, 0) is 47.5 Å². The Morgan fingerprint density at radius 3 is 1.95 bits per heavy atom. The van der Waals surface area contributed by atoms with E-state index in [0.29, 0.717) is 19.4 Å². The first kappa shape index (κ1) is 19.1. The Kier molecular flexibility index (Phi) is 7.42. The molecule has 0 aliphatic carbocycles. The second kappa shape index (κ2) is 7.77. The van der Waals surface area contributed by atoms with Crippen molar-refractivity contribution < 1.29 is 14.9 Å². The van der Waals surface area contributed by atoms with Gasteiger partial charge in [-0.1, -0.05) is 30.4 Å². The molecule has 3 heteroatoms. The van der Waals surface area contributed by atoms with Crippen molar-refractivity contribution in [3.8, 4) is 0 Å². The lowest BCUT2D eigenvalue weighted by Crippen LogP contribution is -2.23. The summed E-state index contributed by atoms with van der Waals surface area (Å²) < 4.78 is 5.55. The van der Waals surface area contributed by atoms with Gasteiger partial charge >= 0.3 is 0 Å². The predicted octanol–water partition coefficient (Wildman–Crippen LogP) is 3.38. The van der Waals surface area contributed by atoms with Crippen LogP contribution in [0.1, 0.15) is 47.5 Å². The highest BCUT2D eigenvalue weighted by molar-refractivity contribution is 5.08. The minimum atomic E-state index is -0.934. The average molecular weight is 282 g/mol. The molecule has 0 amide bonds. The van der Waals surface area contributed by atoms with Crippen molar-refractivity contribution in [2.24, 2.45) is 0 Å². The third-order valence-electron chi connectivity index (χ3n) is 3.01. The van der Waals surface area contributed by atoms with E-state index in [2.05, 4.69) is 6.58 Å². The molecule has 0 aromatic carbocycles. The minimum absolute atomic E-state index is 0.318. The lowest BCUT2D eigenvalue weighted by atomic mass is 9.96. The van der Waals surface area contributed by atoms with Crippen LogP contribution in [-0.2, 0) is 4.74 Å². The van der Waals surface area contributed by atoms with Crippen LogP contribution in [0.2, 0.25) is 0 Å². The zero-order chi connectivity index (χ0) is 15.9. The van der Waals surface area contributed by atoms with Crippen LogP contribution in [0.4, 0.5) is 0 Å². The summed E-state index contributed by atoms with van der Waals surface area (Å²) in [4.78, 5) is 0. The van der Waals surface area contributed by atoms with Crippen LogP contribution in [0.25, 0.3) is 0 Å². The molecule has 0 spiro atoms. The highest BCUT2D eigenvalue weighted by atomic mass is 16.5. The zero-order valence-corrected chi connectivity index (χ0v) is 13.5. The first-order valence-corrected chi connectivity index (χ1v) is 7.11. The molecule has 20 heavy (non-hydrogen) atoms. The van der Waals surface area contributed by atoms with Crippen molar-refractivity contribution in [1.29, 1.82) is 0 Å². The van der Waals surface area contributed by atoms with Gasteiger partial charge in [0.15, 0.2) is 0 Å². The molecule has 0 heterocycles. The molecule has 0 aromatic heterocycles. The van der Waals surface area contributed by atoms with Gasteiger partial charge in [-0.15, -0.1) is 6.58 Å². The Morgan fingerprint density at radius 1 is 0.950 bits per heavy atom. The summed E-state index contributed by atoms with van der Waals surface area (Å²) in [6.07, 6.45) is 9.80. The molecular formula is C17H30O3. The summed E-state index contributed by atoms with van der Waals surface area (Å²) in [5, 5.41) is 20.0. The molecule has 2 atom stereocenters. The SMILES string of the molecule is C=C[C@@](C)(O)CC=C[C@@](C)(O)CC=CC(C)(C)OCC. The van der Waals surface area contributed by atoms with Crippen LogP contribution in [0.15, 0.2) is 37.0 Å². The molecule has 0 bridgehead atoms.